The van der Waals surface area contributed by atoms with Gasteiger partial charge in [0.25, 0.3) is 0 Å². The van der Waals surface area contributed by atoms with E-state index >= 15 is 0 Å². The summed E-state index contributed by atoms with van der Waals surface area (Å²) in [4.78, 5) is 21.8. The zero-order valence-corrected chi connectivity index (χ0v) is 18.5. The minimum absolute atomic E-state index is 0.0162. The van der Waals surface area contributed by atoms with Gasteiger partial charge in [-0.05, 0) is 47.2 Å². The maximum absolute atomic E-state index is 11.1. The van der Waals surface area contributed by atoms with Crippen molar-refractivity contribution in [1.29, 1.82) is 0 Å². The number of ether oxygens (including phenoxy) is 3. The van der Waals surface area contributed by atoms with Gasteiger partial charge in [0.15, 0.2) is 0 Å². The zero-order valence-electron chi connectivity index (χ0n) is 24.5. The number of carboxylic acid groups (broad SMARTS) is 1. The highest BCUT2D eigenvalue weighted by Crippen LogP contribution is 2.14. The number of carbonyl (C=O) groups excluding carboxylic acids is 1. The fraction of sp³-hybridized carbons (Fsp3) is 0.440. The number of hydrogen-bond donors (Lipinski definition) is 1. The topological polar surface area (TPSA) is 82.1 Å². The molecule has 6 heteroatoms. The SMILES string of the molecule is [2H]C([2H])(C(=O)O)c1ccc(OC([2H])([2H])C(C)C)cc1.[2H]C([2H])(Oc1ccc(CC(=O)OC)cc1)C(C)C. The number of rotatable bonds is 10. The lowest BCUT2D eigenvalue weighted by atomic mass is 10.1. The number of carboxylic acids is 1. The Bertz CT molecular complexity index is 1020. The second-order valence-electron chi connectivity index (χ2n) is 7.10. The molecule has 0 unspecified atom stereocenters. The Morgan fingerprint density at radius 2 is 1.26 bits per heavy atom. The van der Waals surface area contributed by atoms with Crippen LogP contribution in [0.15, 0.2) is 48.5 Å². The van der Waals surface area contributed by atoms with Gasteiger partial charge >= 0.3 is 11.9 Å². The molecule has 170 valence electrons. The van der Waals surface area contributed by atoms with Crippen LogP contribution < -0.4 is 9.47 Å². The molecule has 2 aromatic rings. The summed E-state index contributed by atoms with van der Waals surface area (Å²) < 4.78 is 60.4. The third-order valence-corrected chi connectivity index (χ3v) is 3.43. The van der Waals surface area contributed by atoms with E-state index in [1.807, 2.05) is 0 Å². The summed E-state index contributed by atoms with van der Waals surface area (Å²) >= 11 is 0. The van der Waals surface area contributed by atoms with Crippen molar-refractivity contribution < 1.29 is 37.1 Å². The van der Waals surface area contributed by atoms with Gasteiger partial charge in [0.1, 0.15) is 11.5 Å². The number of hydrogen-bond acceptors (Lipinski definition) is 5. The molecule has 0 saturated heterocycles. The molecule has 1 N–H and O–H groups in total. The van der Waals surface area contributed by atoms with Gasteiger partial charge < -0.3 is 19.3 Å². The molecule has 0 aromatic heterocycles. The summed E-state index contributed by atoms with van der Waals surface area (Å²) in [6.45, 7) is 3.32. The zero-order chi connectivity index (χ0) is 28.6. The van der Waals surface area contributed by atoms with E-state index in [1.54, 1.807) is 52.0 Å². The van der Waals surface area contributed by atoms with E-state index in [0.717, 1.165) is 5.56 Å². The molecule has 0 amide bonds. The number of aliphatic carboxylic acids is 1. The predicted octanol–water partition coefficient (Wildman–Crippen LogP) is 4.79. The van der Waals surface area contributed by atoms with Gasteiger partial charge in [-0.15, -0.1) is 0 Å². The Hall–Kier alpha value is -3.02. The minimum atomic E-state index is -2.48. The first kappa shape index (κ1) is 17.6. The van der Waals surface area contributed by atoms with Gasteiger partial charge in [-0.25, -0.2) is 0 Å². The first-order valence-corrected chi connectivity index (χ1v) is 9.80. The molecule has 0 aliphatic carbocycles. The van der Waals surface area contributed by atoms with Crippen LogP contribution in [-0.2, 0) is 27.1 Å². The van der Waals surface area contributed by atoms with Crippen LogP contribution in [0.4, 0.5) is 0 Å². The van der Waals surface area contributed by atoms with Crippen LogP contribution in [0.2, 0.25) is 0 Å². The van der Waals surface area contributed by atoms with Crippen LogP contribution >= 0.6 is 0 Å². The number of esters is 1. The average molecular weight is 437 g/mol. The van der Waals surface area contributed by atoms with Crippen LogP contribution in [0.1, 0.15) is 47.0 Å². The van der Waals surface area contributed by atoms with Crippen LogP contribution in [0.3, 0.4) is 0 Å². The van der Waals surface area contributed by atoms with E-state index in [4.69, 9.17) is 22.8 Å². The minimum Gasteiger partial charge on any atom is -0.493 e. The lowest BCUT2D eigenvalue weighted by molar-refractivity contribution is -0.140. The third kappa shape index (κ3) is 12.3. The number of carbonyl (C=O) groups is 2. The van der Waals surface area contributed by atoms with Crippen molar-refractivity contribution in [1.82, 2.24) is 0 Å². The molecule has 0 radical (unpaired) electrons. The van der Waals surface area contributed by atoms with Crippen molar-refractivity contribution in [3.05, 3.63) is 59.7 Å². The molecule has 0 aliphatic heterocycles. The largest absolute Gasteiger partial charge is 0.493 e. The molecular formula is C25H34O6. The first-order valence-electron chi connectivity index (χ1n) is 12.8. The molecular weight excluding hydrogens is 396 g/mol. The van der Waals surface area contributed by atoms with Crippen molar-refractivity contribution in [2.45, 2.75) is 40.5 Å². The van der Waals surface area contributed by atoms with Crippen LogP contribution in [0.25, 0.3) is 0 Å². The van der Waals surface area contributed by atoms with Crippen molar-refractivity contribution in [3.63, 3.8) is 0 Å². The second-order valence-corrected chi connectivity index (χ2v) is 7.10. The van der Waals surface area contributed by atoms with Crippen LogP contribution in [0.5, 0.6) is 11.5 Å². The summed E-state index contributed by atoms with van der Waals surface area (Å²) in [5, 5.41) is 8.76. The molecule has 0 bridgehead atoms. The Balaban J connectivity index is 0.000000371. The molecule has 0 atom stereocenters. The highest BCUT2D eigenvalue weighted by Gasteiger charge is 2.03. The Kier molecular flexibility index (Phi) is 8.00. The third-order valence-electron chi connectivity index (χ3n) is 3.43. The normalized spacial score (nSPS) is 14.5. The summed E-state index contributed by atoms with van der Waals surface area (Å²) in [6, 6.07) is 12.0. The lowest BCUT2D eigenvalue weighted by Gasteiger charge is -2.08. The maximum atomic E-state index is 11.1. The molecule has 0 heterocycles. The van der Waals surface area contributed by atoms with E-state index in [1.165, 1.54) is 31.4 Å². The van der Waals surface area contributed by atoms with Crippen molar-refractivity contribution >= 4 is 11.9 Å². The molecule has 31 heavy (non-hydrogen) atoms. The Morgan fingerprint density at radius 3 is 1.61 bits per heavy atom. The fourth-order valence-electron chi connectivity index (χ4n) is 2.02. The summed E-state index contributed by atoms with van der Waals surface area (Å²) in [7, 11) is 1.34. The summed E-state index contributed by atoms with van der Waals surface area (Å²) in [5.74, 6) is -1.80. The number of methoxy groups -OCH3 is 1. The van der Waals surface area contributed by atoms with E-state index in [2.05, 4.69) is 4.74 Å². The first-order chi connectivity index (χ1) is 16.9. The van der Waals surface area contributed by atoms with E-state index in [9.17, 15) is 9.59 Å². The van der Waals surface area contributed by atoms with Gasteiger partial charge in [-0.3, -0.25) is 9.59 Å². The molecule has 0 saturated carbocycles. The van der Waals surface area contributed by atoms with Crippen molar-refractivity contribution in [2.75, 3.05) is 20.2 Å². The maximum Gasteiger partial charge on any atom is 0.309 e. The molecule has 0 aliphatic rings. The van der Waals surface area contributed by atoms with Gasteiger partial charge in [0.05, 0.1) is 38.5 Å². The monoisotopic (exact) mass is 436 g/mol. The second kappa shape index (κ2) is 14.1. The summed E-state index contributed by atoms with van der Waals surface area (Å²) in [5.41, 5.74) is 0.789. The van der Waals surface area contributed by atoms with Crippen LogP contribution in [0, 0.1) is 11.8 Å². The smallest absolute Gasteiger partial charge is 0.309 e. The van der Waals surface area contributed by atoms with E-state index < -0.39 is 25.5 Å². The molecule has 0 spiro atoms. The van der Waals surface area contributed by atoms with Gasteiger partial charge in [-0.1, -0.05) is 52.0 Å². The Morgan fingerprint density at radius 1 is 0.839 bits per heavy atom. The van der Waals surface area contributed by atoms with Gasteiger partial charge in [-0.2, -0.15) is 0 Å². The number of benzene rings is 2. The molecule has 0 fully saturated rings. The quantitative estimate of drug-likeness (QED) is 0.540. The van der Waals surface area contributed by atoms with E-state index in [-0.39, 0.29) is 35.5 Å². The highest BCUT2D eigenvalue weighted by atomic mass is 16.5. The molecule has 6 nitrogen and oxygen atoms in total. The molecule has 2 rings (SSSR count). The fourth-order valence-corrected chi connectivity index (χ4v) is 2.02. The highest BCUT2D eigenvalue weighted by molar-refractivity contribution is 5.72. The van der Waals surface area contributed by atoms with Crippen molar-refractivity contribution in [2.24, 2.45) is 11.8 Å². The predicted molar refractivity (Wildman–Crippen MR) is 121 cm³/mol. The standard InChI is InChI=1S/C13H18O3.C12H16O3/c1-10(2)9-16-12-6-4-11(5-7-12)8-13(14)15-3;1-9(2)8-15-11-5-3-10(4-6-11)7-12(13)14/h4-7,10H,8-9H2,1-3H3;3-6,9H,7-8H2,1-2H3,(H,13,14)/i9D2;7D2,8D2. The van der Waals surface area contributed by atoms with Crippen molar-refractivity contribution in [3.8, 4) is 11.5 Å². The lowest BCUT2D eigenvalue weighted by Crippen LogP contribution is -2.06. The average Bonchev–Trinajstić information content (AvgIpc) is 2.80. The van der Waals surface area contributed by atoms with Gasteiger partial charge in [0, 0.05) is 2.74 Å². The summed E-state index contributed by atoms with van der Waals surface area (Å²) in [6.07, 6.45) is -2.27. The molecule has 2 aromatic carbocycles. The Labute approximate surface area is 193 Å². The van der Waals surface area contributed by atoms with Crippen LogP contribution in [-0.4, -0.2) is 37.3 Å². The van der Waals surface area contributed by atoms with Gasteiger partial charge in [0.2, 0.25) is 0 Å². The van der Waals surface area contributed by atoms with E-state index in [0.29, 0.717) is 5.75 Å².